The maximum Gasteiger partial charge on any atom is 0.286 e. The Labute approximate surface area is 120 Å². The summed E-state index contributed by atoms with van der Waals surface area (Å²) in [6.45, 7) is 0.132. The fourth-order valence-corrected chi connectivity index (χ4v) is 2.19. The maximum absolute atomic E-state index is 12.1. The van der Waals surface area contributed by atoms with E-state index in [2.05, 4.69) is 10.3 Å². The number of carbonyl (C=O) groups is 2. The van der Waals surface area contributed by atoms with Gasteiger partial charge in [0, 0.05) is 0 Å². The van der Waals surface area contributed by atoms with Crippen molar-refractivity contribution in [1.29, 1.82) is 0 Å². The highest BCUT2D eigenvalue weighted by molar-refractivity contribution is 6.25. The SMILES string of the molecule is O=C1N=C2C=CC=CC2C(O)=C1C(=O)NCc1ccco1. The molecule has 0 fully saturated rings. The number of dihydropyridines is 1. The van der Waals surface area contributed by atoms with E-state index in [4.69, 9.17) is 4.42 Å². The van der Waals surface area contributed by atoms with Crippen LogP contribution < -0.4 is 5.32 Å². The molecule has 1 unspecified atom stereocenters. The molecule has 106 valence electrons. The van der Waals surface area contributed by atoms with E-state index in [9.17, 15) is 14.7 Å². The number of amides is 2. The van der Waals surface area contributed by atoms with Crippen molar-refractivity contribution < 1.29 is 19.1 Å². The first-order chi connectivity index (χ1) is 10.2. The summed E-state index contributed by atoms with van der Waals surface area (Å²) in [7, 11) is 0. The van der Waals surface area contributed by atoms with Gasteiger partial charge in [0.1, 0.15) is 17.1 Å². The maximum atomic E-state index is 12.1. The first-order valence-electron chi connectivity index (χ1n) is 6.38. The lowest BCUT2D eigenvalue weighted by atomic mass is 9.90. The molecule has 3 rings (SSSR count). The number of rotatable bonds is 3. The van der Waals surface area contributed by atoms with Gasteiger partial charge >= 0.3 is 0 Å². The van der Waals surface area contributed by atoms with Crippen molar-refractivity contribution in [3.63, 3.8) is 0 Å². The summed E-state index contributed by atoms with van der Waals surface area (Å²) in [5.41, 5.74) is 0.109. The molecule has 0 spiro atoms. The van der Waals surface area contributed by atoms with E-state index < -0.39 is 17.7 Å². The molecule has 0 saturated carbocycles. The van der Waals surface area contributed by atoms with Crippen LogP contribution in [0.3, 0.4) is 0 Å². The van der Waals surface area contributed by atoms with Crippen LogP contribution in [0.2, 0.25) is 0 Å². The van der Waals surface area contributed by atoms with Crippen molar-refractivity contribution in [1.82, 2.24) is 5.32 Å². The lowest BCUT2D eigenvalue weighted by molar-refractivity contribution is -0.122. The van der Waals surface area contributed by atoms with Gasteiger partial charge in [-0.3, -0.25) is 9.59 Å². The van der Waals surface area contributed by atoms with E-state index in [1.54, 1.807) is 36.4 Å². The lowest BCUT2D eigenvalue weighted by Gasteiger charge is -2.21. The fourth-order valence-electron chi connectivity index (χ4n) is 2.19. The number of aliphatic hydroxyl groups excluding tert-OH is 1. The Balaban J connectivity index is 1.80. The Morgan fingerprint density at radius 3 is 3.05 bits per heavy atom. The number of aliphatic imine (C=N–C) groups is 1. The van der Waals surface area contributed by atoms with Crippen LogP contribution in [0.5, 0.6) is 0 Å². The van der Waals surface area contributed by atoms with Crippen LogP contribution >= 0.6 is 0 Å². The van der Waals surface area contributed by atoms with Crippen molar-refractivity contribution in [2.24, 2.45) is 10.9 Å². The third-order valence-corrected chi connectivity index (χ3v) is 3.23. The molecule has 0 aromatic carbocycles. The quantitative estimate of drug-likeness (QED) is 0.821. The van der Waals surface area contributed by atoms with Crippen molar-refractivity contribution in [3.8, 4) is 0 Å². The summed E-state index contributed by atoms with van der Waals surface area (Å²) in [4.78, 5) is 27.8. The van der Waals surface area contributed by atoms with Crippen molar-refractivity contribution >= 4 is 17.5 Å². The van der Waals surface area contributed by atoms with Crippen LogP contribution in [-0.4, -0.2) is 22.6 Å². The predicted octanol–water partition coefficient (Wildman–Crippen LogP) is 1.43. The van der Waals surface area contributed by atoms with E-state index in [1.807, 2.05) is 0 Å². The summed E-state index contributed by atoms with van der Waals surface area (Å²) >= 11 is 0. The Morgan fingerprint density at radius 1 is 1.43 bits per heavy atom. The van der Waals surface area contributed by atoms with Crippen LogP contribution in [0.4, 0.5) is 0 Å². The summed E-state index contributed by atoms with van der Waals surface area (Å²) in [5.74, 6) is -1.67. The zero-order chi connectivity index (χ0) is 14.8. The second-order valence-corrected chi connectivity index (χ2v) is 4.59. The molecular formula is C15H12N2O4. The van der Waals surface area contributed by atoms with E-state index in [0.29, 0.717) is 11.5 Å². The molecule has 1 aromatic heterocycles. The zero-order valence-electron chi connectivity index (χ0n) is 10.9. The van der Waals surface area contributed by atoms with Crippen molar-refractivity contribution in [2.75, 3.05) is 0 Å². The monoisotopic (exact) mass is 284 g/mol. The first-order valence-corrected chi connectivity index (χ1v) is 6.38. The largest absolute Gasteiger partial charge is 0.510 e. The number of fused-ring (bicyclic) bond motifs is 1. The smallest absolute Gasteiger partial charge is 0.286 e. The number of nitrogens with zero attached hydrogens (tertiary/aromatic N) is 1. The van der Waals surface area contributed by atoms with E-state index >= 15 is 0 Å². The summed E-state index contributed by atoms with van der Waals surface area (Å²) in [6.07, 6.45) is 8.25. The molecular weight excluding hydrogens is 272 g/mol. The summed E-state index contributed by atoms with van der Waals surface area (Å²) in [6, 6.07) is 3.39. The molecule has 21 heavy (non-hydrogen) atoms. The molecule has 2 N–H and O–H groups in total. The van der Waals surface area contributed by atoms with Gasteiger partial charge in [-0.2, -0.15) is 0 Å². The number of carbonyl (C=O) groups excluding carboxylic acids is 2. The fraction of sp³-hybridized carbons (Fsp3) is 0.133. The number of allylic oxidation sites excluding steroid dienone is 4. The van der Waals surface area contributed by atoms with Gasteiger partial charge in [-0.25, -0.2) is 4.99 Å². The molecule has 2 amide bonds. The molecule has 1 aliphatic heterocycles. The Morgan fingerprint density at radius 2 is 2.29 bits per heavy atom. The molecule has 0 radical (unpaired) electrons. The first kappa shape index (κ1) is 13.1. The van der Waals surface area contributed by atoms with Gasteiger partial charge in [0.15, 0.2) is 0 Å². The molecule has 6 nitrogen and oxygen atoms in total. The van der Waals surface area contributed by atoms with Gasteiger partial charge in [0.05, 0.1) is 24.4 Å². The van der Waals surface area contributed by atoms with E-state index in [1.165, 1.54) is 6.26 Å². The van der Waals surface area contributed by atoms with Gasteiger partial charge in [0.2, 0.25) is 0 Å². The second-order valence-electron chi connectivity index (χ2n) is 4.59. The molecule has 1 atom stereocenters. The predicted molar refractivity (Wildman–Crippen MR) is 74.4 cm³/mol. The molecule has 0 bridgehead atoms. The number of furan rings is 1. The highest BCUT2D eigenvalue weighted by Crippen LogP contribution is 2.25. The van der Waals surface area contributed by atoms with Gasteiger partial charge < -0.3 is 14.8 Å². The Hall–Kier alpha value is -2.89. The normalized spacial score (nSPS) is 20.3. The summed E-state index contributed by atoms with van der Waals surface area (Å²) in [5, 5.41) is 12.7. The Kier molecular flexibility index (Phi) is 3.27. The molecule has 1 aliphatic carbocycles. The second kappa shape index (κ2) is 5.24. The topological polar surface area (TPSA) is 91.9 Å². The van der Waals surface area contributed by atoms with Gasteiger partial charge in [0.25, 0.3) is 11.8 Å². The highest BCUT2D eigenvalue weighted by Gasteiger charge is 2.33. The number of hydrogen-bond donors (Lipinski definition) is 2. The molecule has 2 heterocycles. The third kappa shape index (κ3) is 2.43. The number of hydrogen-bond acceptors (Lipinski definition) is 4. The van der Waals surface area contributed by atoms with Gasteiger partial charge in [-0.1, -0.05) is 18.2 Å². The number of nitrogens with one attached hydrogen (secondary N) is 1. The zero-order valence-corrected chi connectivity index (χ0v) is 10.9. The van der Waals surface area contributed by atoms with Crippen LogP contribution in [0.25, 0.3) is 0 Å². The van der Waals surface area contributed by atoms with E-state index in [-0.39, 0.29) is 17.9 Å². The third-order valence-electron chi connectivity index (χ3n) is 3.23. The lowest BCUT2D eigenvalue weighted by Crippen LogP contribution is -2.34. The number of aliphatic hydroxyl groups is 1. The average Bonchev–Trinajstić information content (AvgIpc) is 2.98. The van der Waals surface area contributed by atoms with Crippen LogP contribution in [0.15, 0.2) is 63.4 Å². The molecule has 6 heteroatoms. The van der Waals surface area contributed by atoms with Crippen molar-refractivity contribution in [2.45, 2.75) is 6.54 Å². The standard InChI is InChI=1S/C15H12N2O4/c18-13-10-5-1-2-6-11(10)17-15(20)12(13)14(19)16-8-9-4-3-7-21-9/h1-7,10,18H,8H2,(H,16,19). The minimum absolute atomic E-state index is 0.132. The van der Waals surface area contributed by atoms with Crippen LogP contribution in [-0.2, 0) is 16.1 Å². The van der Waals surface area contributed by atoms with Crippen LogP contribution in [0, 0.1) is 5.92 Å². The minimum atomic E-state index is -0.740. The molecule has 0 saturated heterocycles. The average molecular weight is 284 g/mol. The van der Waals surface area contributed by atoms with Crippen LogP contribution in [0.1, 0.15) is 5.76 Å². The Bertz CT molecular complexity index is 708. The van der Waals surface area contributed by atoms with E-state index in [0.717, 1.165) is 0 Å². The van der Waals surface area contributed by atoms with Crippen molar-refractivity contribution in [3.05, 3.63) is 59.8 Å². The minimum Gasteiger partial charge on any atom is -0.510 e. The molecule has 1 aromatic rings. The van der Waals surface area contributed by atoms with Gasteiger partial charge in [-0.15, -0.1) is 0 Å². The molecule has 2 aliphatic rings. The van der Waals surface area contributed by atoms with Gasteiger partial charge in [-0.05, 0) is 18.2 Å². The summed E-state index contributed by atoms with van der Waals surface area (Å²) < 4.78 is 5.08. The highest BCUT2D eigenvalue weighted by atomic mass is 16.3.